The molecule has 142 valence electrons. The van der Waals surface area contributed by atoms with Crippen LogP contribution >= 0.6 is 0 Å². The van der Waals surface area contributed by atoms with Gasteiger partial charge in [-0.05, 0) is 24.3 Å². The van der Waals surface area contributed by atoms with Crippen LogP contribution in [0.15, 0.2) is 48.5 Å². The molecule has 0 aliphatic carbocycles. The van der Waals surface area contributed by atoms with E-state index in [-0.39, 0.29) is 31.3 Å². The van der Waals surface area contributed by atoms with Crippen LogP contribution in [0, 0.1) is 5.82 Å². The van der Waals surface area contributed by atoms with Crippen LogP contribution in [0.1, 0.15) is 29.3 Å². The molecule has 0 saturated carbocycles. The van der Waals surface area contributed by atoms with Crippen molar-refractivity contribution in [2.75, 3.05) is 19.0 Å². The lowest BCUT2D eigenvalue weighted by Gasteiger charge is -2.21. The highest BCUT2D eigenvalue weighted by molar-refractivity contribution is 5.94. The lowest BCUT2D eigenvalue weighted by atomic mass is 10.2. The molecule has 0 fully saturated rings. The third kappa shape index (κ3) is 5.91. The average molecular weight is 372 g/mol. The summed E-state index contributed by atoms with van der Waals surface area (Å²) in [5.74, 6) is -1.47. The van der Waals surface area contributed by atoms with Gasteiger partial charge in [0.2, 0.25) is 11.8 Å². The number of nitrogens with one attached hydrogen (secondary N) is 1. The first kappa shape index (κ1) is 20.1. The summed E-state index contributed by atoms with van der Waals surface area (Å²) in [6, 6.07) is 12.6. The van der Waals surface area contributed by atoms with Crippen molar-refractivity contribution in [3.8, 4) is 0 Å². The van der Waals surface area contributed by atoms with E-state index in [1.165, 1.54) is 31.1 Å². The Kier molecular flexibility index (Phi) is 7.05. The van der Waals surface area contributed by atoms with E-state index in [0.717, 1.165) is 0 Å². The molecule has 2 aromatic carbocycles. The number of amides is 2. The van der Waals surface area contributed by atoms with Crippen molar-refractivity contribution in [2.45, 2.75) is 19.9 Å². The lowest BCUT2D eigenvalue weighted by Crippen LogP contribution is -2.31. The van der Waals surface area contributed by atoms with Crippen molar-refractivity contribution < 1.29 is 23.5 Å². The molecular weight excluding hydrogens is 351 g/mol. The zero-order valence-electron chi connectivity index (χ0n) is 15.2. The molecule has 0 aromatic heterocycles. The molecule has 7 heteroatoms. The van der Waals surface area contributed by atoms with Crippen molar-refractivity contribution in [1.29, 1.82) is 0 Å². The van der Waals surface area contributed by atoms with Crippen molar-refractivity contribution in [1.82, 2.24) is 4.90 Å². The second-order valence-electron chi connectivity index (χ2n) is 5.90. The first-order valence-corrected chi connectivity index (χ1v) is 8.38. The molecule has 27 heavy (non-hydrogen) atoms. The Balaban J connectivity index is 1.95. The molecule has 0 aliphatic rings. The van der Waals surface area contributed by atoms with Crippen LogP contribution in [0.25, 0.3) is 0 Å². The summed E-state index contributed by atoms with van der Waals surface area (Å²) in [6.07, 6.45) is 0.0382. The van der Waals surface area contributed by atoms with Gasteiger partial charge in [-0.15, -0.1) is 0 Å². The van der Waals surface area contributed by atoms with E-state index in [1.807, 2.05) is 0 Å². The number of hydrogen-bond donors (Lipinski definition) is 1. The molecule has 0 spiro atoms. The number of benzene rings is 2. The second-order valence-corrected chi connectivity index (χ2v) is 5.90. The van der Waals surface area contributed by atoms with Crippen molar-refractivity contribution in [3.63, 3.8) is 0 Å². The Morgan fingerprint density at radius 3 is 2.52 bits per heavy atom. The number of esters is 1. The summed E-state index contributed by atoms with van der Waals surface area (Å²) in [7, 11) is 1.28. The summed E-state index contributed by atoms with van der Waals surface area (Å²) in [5.41, 5.74) is 1.16. The highest BCUT2D eigenvalue weighted by Crippen LogP contribution is 2.13. The molecular formula is C20H21FN2O4. The van der Waals surface area contributed by atoms with Crippen LogP contribution in [-0.4, -0.2) is 36.3 Å². The number of anilines is 1. The fourth-order valence-electron chi connectivity index (χ4n) is 2.48. The molecule has 0 unspecified atom stereocenters. The van der Waals surface area contributed by atoms with Crippen LogP contribution in [0.3, 0.4) is 0 Å². The summed E-state index contributed by atoms with van der Waals surface area (Å²) in [6.45, 7) is 1.61. The number of halogens is 1. The molecule has 2 aromatic rings. The van der Waals surface area contributed by atoms with Crippen LogP contribution in [0.5, 0.6) is 0 Å². The fourth-order valence-corrected chi connectivity index (χ4v) is 2.48. The van der Waals surface area contributed by atoms with Crippen molar-refractivity contribution >= 4 is 23.5 Å². The van der Waals surface area contributed by atoms with Crippen LogP contribution in [-0.2, 0) is 20.9 Å². The predicted octanol–water partition coefficient (Wildman–Crippen LogP) is 2.99. The molecule has 0 aliphatic heterocycles. The summed E-state index contributed by atoms with van der Waals surface area (Å²) < 4.78 is 18.4. The SMILES string of the molecule is COC(=O)c1cccc(NC(=O)CCN(Cc2ccccc2F)C(C)=O)c1. The minimum Gasteiger partial charge on any atom is -0.465 e. The van der Waals surface area contributed by atoms with Gasteiger partial charge in [-0.3, -0.25) is 9.59 Å². The number of nitrogens with zero attached hydrogens (tertiary/aromatic N) is 1. The van der Waals surface area contributed by atoms with Gasteiger partial charge < -0.3 is 15.0 Å². The van der Waals surface area contributed by atoms with Gasteiger partial charge in [0.25, 0.3) is 0 Å². The monoisotopic (exact) mass is 372 g/mol. The minimum atomic E-state index is -0.501. The van der Waals surface area contributed by atoms with Gasteiger partial charge in [0.05, 0.1) is 12.7 Å². The molecule has 0 saturated heterocycles. The topological polar surface area (TPSA) is 75.7 Å². The maximum atomic E-state index is 13.8. The van der Waals surface area contributed by atoms with Gasteiger partial charge in [0.1, 0.15) is 5.82 Å². The molecule has 2 amide bonds. The summed E-state index contributed by atoms with van der Waals surface area (Å²) >= 11 is 0. The third-order valence-corrected chi connectivity index (χ3v) is 3.94. The highest BCUT2D eigenvalue weighted by Gasteiger charge is 2.14. The number of carbonyl (C=O) groups is 3. The van der Waals surface area contributed by atoms with Gasteiger partial charge in [-0.2, -0.15) is 0 Å². The molecule has 2 rings (SSSR count). The van der Waals surface area contributed by atoms with Crippen LogP contribution in [0.4, 0.5) is 10.1 Å². The zero-order chi connectivity index (χ0) is 19.8. The first-order valence-electron chi connectivity index (χ1n) is 8.38. The van der Waals surface area contributed by atoms with E-state index in [4.69, 9.17) is 0 Å². The fraction of sp³-hybridized carbons (Fsp3) is 0.250. The van der Waals surface area contributed by atoms with E-state index in [9.17, 15) is 18.8 Å². The first-order chi connectivity index (χ1) is 12.9. The van der Waals surface area contributed by atoms with Gasteiger partial charge in [-0.25, -0.2) is 9.18 Å². The Labute approximate surface area is 156 Å². The van der Waals surface area contributed by atoms with Gasteiger partial charge in [0.15, 0.2) is 0 Å². The predicted molar refractivity (Wildman–Crippen MR) is 98.5 cm³/mol. The maximum absolute atomic E-state index is 13.8. The second kappa shape index (κ2) is 9.47. The third-order valence-electron chi connectivity index (χ3n) is 3.94. The molecule has 0 radical (unpaired) electrons. The lowest BCUT2D eigenvalue weighted by molar-refractivity contribution is -0.130. The smallest absolute Gasteiger partial charge is 0.337 e. The normalized spacial score (nSPS) is 10.2. The van der Waals surface area contributed by atoms with E-state index in [0.29, 0.717) is 16.8 Å². The number of rotatable bonds is 7. The standard InChI is InChI=1S/C20H21FN2O4/c1-14(24)23(13-16-6-3-4-9-18(16)21)11-10-19(25)22-17-8-5-7-15(12-17)20(26)27-2/h3-9,12H,10-11,13H2,1-2H3,(H,22,25). The van der Waals surface area contributed by atoms with Gasteiger partial charge in [-0.1, -0.05) is 24.3 Å². The Morgan fingerprint density at radius 1 is 1.11 bits per heavy atom. The number of methoxy groups -OCH3 is 1. The van der Waals surface area contributed by atoms with E-state index in [2.05, 4.69) is 10.1 Å². The number of carbonyl (C=O) groups excluding carboxylic acids is 3. The van der Waals surface area contributed by atoms with Crippen molar-refractivity contribution in [2.24, 2.45) is 0 Å². The Bertz CT molecular complexity index is 838. The average Bonchev–Trinajstić information content (AvgIpc) is 2.65. The summed E-state index contributed by atoms with van der Waals surface area (Å²) in [5, 5.41) is 2.67. The van der Waals surface area contributed by atoms with E-state index in [1.54, 1.807) is 36.4 Å². The van der Waals surface area contributed by atoms with Gasteiger partial charge in [0, 0.05) is 37.7 Å². The highest BCUT2D eigenvalue weighted by atomic mass is 19.1. The van der Waals surface area contributed by atoms with Crippen LogP contribution in [0.2, 0.25) is 0 Å². The molecule has 0 heterocycles. The number of hydrogen-bond acceptors (Lipinski definition) is 4. The molecule has 1 N–H and O–H groups in total. The largest absolute Gasteiger partial charge is 0.465 e. The minimum absolute atomic E-state index is 0.0382. The number of ether oxygens (including phenoxy) is 1. The van der Waals surface area contributed by atoms with Crippen molar-refractivity contribution in [3.05, 3.63) is 65.5 Å². The van der Waals surface area contributed by atoms with Gasteiger partial charge >= 0.3 is 5.97 Å². The van der Waals surface area contributed by atoms with E-state index < -0.39 is 11.8 Å². The Hall–Kier alpha value is -3.22. The summed E-state index contributed by atoms with van der Waals surface area (Å²) in [4.78, 5) is 36.9. The quantitative estimate of drug-likeness (QED) is 0.758. The molecule has 6 nitrogen and oxygen atoms in total. The molecule has 0 bridgehead atoms. The zero-order valence-corrected chi connectivity index (χ0v) is 15.2. The van der Waals surface area contributed by atoms with Crippen LogP contribution < -0.4 is 5.32 Å². The molecule has 0 atom stereocenters. The Morgan fingerprint density at radius 2 is 1.85 bits per heavy atom. The van der Waals surface area contributed by atoms with E-state index >= 15 is 0 Å². The maximum Gasteiger partial charge on any atom is 0.337 e.